The summed E-state index contributed by atoms with van der Waals surface area (Å²) in [6, 6.07) is 7.60. The van der Waals surface area contributed by atoms with Crippen molar-refractivity contribution in [3.8, 4) is 0 Å². The summed E-state index contributed by atoms with van der Waals surface area (Å²) in [4.78, 5) is 0. The van der Waals surface area contributed by atoms with Crippen LogP contribution in [0, 0.1) is 6.92 Å². The second kappa shape index (κ2) is 6.38. The molecule has 0 saturated carbocycles. The Morgan fingerprint density at radius 1 is 1.41 bits per heavy atom. The monoisotopic (exact) mass is 275 g/mol. The van der Waals surface area contributed by atoms with Crippen LogP contribution in [0.15, 0.2) is 24.3 Å². The van der Waals surface area contributed by atoms with E-state index in [1.165, 1.54) is 0 Å². The Morgan fingerprint density at radius 3 is 2.71 bits per heavy atom. The van der Waals surface area contributed by atoms with Crippen LogP contribution in [0.4, 0.5) is 0 Å². The molecule has 96 valence electrons. The van der Waals surface area contributed by atoms with Gasteiger partial charge >= 0.3 is 0 Å². The fourth-order valence-electron chi connectivity index (χ4n) is 1.58. The van der Waals surface area contributed by atoms with Gasteiger partial charge in [0, 0.05) is 11.9 Å². The minimum absolute atomic E-state index is 0.0760. The van der Waals surface area contributed by atoms with Crippen molar-refractivity contribution in [1.29, 1.82) is 0 Å². The van der Waals surface area contributed by atoms with E-state index in [4.69, 9.17) is 11.6 Å². The third-order valence-corrected chi connectivity index (χ3v) is 4.25. The van der Waals surface area contributed by atoms with E-state index in [0.717, 1.165) is 11.1 Å². The number of rotatable bonds is 6. The van der Waals surface area contributed by atoms with E-state index in [2.05, 4.69) is 4.72 Å². The van der Waals surface area contributed by atoms with Crippen LogP contribution < -0.4 is 4.72 Å². The van der Waals surface area contributed by atoms with Gasteiger partial charge in [-0.25, -0.2) is 13.1 Å². The molecule has 0 unspecified atom stereocenters. The molecule has 1 N–H and O–H groups in total. The van der Waals surface area contributed by atoms with Crippen LogP contribution in [-0.4, -0.2) is 20.1 Å². The number of alkyl halides is 1. The van der Waals surface area contributed by atoms with Crippen LogP contribution in [-0.2, 0) is 10.0 Å². The first-order valence-electron chi connectivity index (χ1n) is 5.57. The molecule has 1 atom stereocenters. The number of hydrogen-bond acceptors (Lipinski definition) is 2. The summed E-state index contributed by atoms with van der Waals surface area (Å²) in [5.41, 5.74) is 2.09. The molecule has 0 radical (unpaired) electrons. The molecule has 17 heavy (non-hydrogen) atoms. The lowest BCUT2D eigenvalue weighted by Gasteiger charge is -2.14. The van der Waals surface area contributed by atoms with E-state index in [-0.39, 0.29) is 11.8 Å². The second-order valence-electron chi connectivity index (χ2n) is 4.12. The molecule has 0 bridgehead atoms. The van der Waals surface area contributed by atoms with Gasteiger partial charge in [0.25, 0.3) is 0 Å². The maximum absolute atomic E-state index is 11.7. The summed E-state index contributed by atoms with van der Waals surface area (Å²) < 4.78 is 26.0. The van der Waals surface area contributed by atoms with Gasteiger partial charge in [-0.1, -0.05) is 29.8 Å². The van der Waals surface area contributed by atoms with Crippen molar-refractivity contribution >= 4 is 21.6 Å². The van der Waals surface area contributed by atoms with Crippen LogP contribution in [0.1, 0.15) is 30.5 Å². The van der Waals surface area contributed by atoms with Crippen LogP contribution >= 0.6 is 11.6 Å². The maximum Gasteiger partial charge on any atom is 0.212 e. The summed E-state index contributed by atoms with van der Waals surface area (Å²) in [6.45, 7) is 3.82. The van der Waals surface area contributed by atoms with E-state index in [9.17, 15) is 8.42 Å². The van der Waals surface area contributed by atoms with Crippen molar-refractivity contribution in [3.63, 3.8) is 0 Å². The third-order valence-electron chi connectivity index (χ3n) is 2.45. The molecule has 0 heterocycles. The molecule has 0 spiro atoms. The van der Waals surface area contributed by atoms with Gasteiger partial charge in [0.1, 0.15) is 0 Å². The van der Waals surface area contributed by atoms with Gasteiger partial charge in [0.15, 0.2) is 0 Å². The fraction of sp³-hybridized carbons (Fsp3) is 0.500. The van der Waals surface area contributed by atoms with Gasteiger partial charge in [-0.15, -0.1) is 11.6 Å². The van der Waals surface area contributed by atoms with E-state index in [1.54, 1.807) is 0 Å². The highest BCUT2D eigenvalue weighted by atomic mass is 35.5. The van der Waals surface area contributed by atoms with Crippen LogP contribution in [0.25, 0.3) is 0 Å². The summed E-state index contributed by atoms with van der Waals surface area (Å²) in [5, 5.41) is 0. The van der Waals surface area contributed by atoms with Crippen LogP contribution in [0.5, 0.6) is 0 Å². The van der Waals surface area contributed by atoms with Gasteiger partial charge in [-0.3, -0.25) is 0 Å². The second-order valence-corrected chi connectivity index (χ2v) is 6.37. The molecule has 0 saturated heterocycles. The lowest BCUT2D eigenvalue weighted by molar-refractivity contribution is 0.565. The third kappa shape index (κ3) is 5.06. The van der Waals surface area contributed by atoms with Crippen LogP contribution in [0.2, 0.25) is 0 Å². The molecule has 0 amide bonds. The van der Waals surface area contributed by atoms with Gasteiger partial charge in [0.2, 0.25) is 10.0 Å². The lowest BCUT2D eigenvalue weighted by Crippen LogP contribution is -2.29. The maximum atomic E-state index is 11.7. The first kappa shape index (κ1) is 14.5. The summed E-state index contributed by atoms with van der Waals surface area (Å²) in [7, 11) is -3.24. The number of halogens is 1. The molecule has 1 aromatic rings. The lowest BCUT2D eigenvalue weighted by atomic mass is 10.1. The minimum Gasteiger partial charge on any atom is -0.212 e. The molecule has 1 aromatic carbocycles. The number of nitrogens with one attached hydrogen (secondary N) is 1. The first-order valence-corrected chi connectivity index (χ1v) is 7.76. The standard InChI is InChI=1S/C12H18ClNO2S/c1-10-5-3-6-12(9-10)11(2)14-17(15,16)8-4-7-13/h3,5-6,9,11,14H,4,7-8H2,1-2H3/t11-/m0/s1. The van der Waals surface area contributed by atoms with E-state index >= 15 is 0 Å². The Morgan fingerprint density at radius 2 is 2.12 bits per heavy atom. The van der Waals surface area contributed by atoms with Crippen molar-refractivity contribution in [1.82, 2.24) is 4.72 Å². The van der Waals surface area contributed by atoms with Gasteiger partial charge in [-0.05, 0) is 25.8 Å². The molecule has 3 nitrogen and oxygen atoms in total. The first-order chi connectivity index (χ1) is 7.94. The zero-order valence-electron chi connectivity index (χ0n) is 10.1. The van der Waals surface area contributed by atoms with Crippen molar-refractivity contribution in [2.24, 2.45) is 0 Å². The summed E-state index contributed by atoms with van der Waals surface area (Å²) >= 11 is 5.49. The Bertz CT molecular complexity index is 459. The summed E-state index contributed by atoms with van der Waals surface area (Å²) in [6.07, 6.45) is 0.470. The zero-order chi connectivity index (χ0) is 12.9. The average molecular weight is 276 g/mol. The van der Waals surface area contributed by atoms with Crippen LogP contribution in [0.3, 0.4) is 0 Å². The number of sulfonamides is 1. The number of hydrogen-bond donors (Lipinski definition) is 1. The Balaban J connectivity index is 2.69. The largest absolute Gasteiger partial charge is 0.212 e. The Hall–Kier alpha value is -0.580. The Kier molecular flexibility index (Phi) is 5.43. The van der Waals surface area contributed by atoms with Crippen molar-refractivity contribution < 1.29 is 8.42 Å². The smallest absolute Gasteiger partial charge is 0.212 e. The highest BCUT2D eigenvalue weighted by molar-refractivity contribution is 7.89. The zero-order valence-corrected chi connectivity index (χ0v) is 11.7. The average Bonchev–Trinajstić information content (AvgIpc) is 2.26. The minimum atomic E-state index is -3.24. The normalized spacial score (nSPS) is 13.6. The molecule has 0 aromatic heterocycles. The molecular formula is C12H18ClNO2S. The molecule has 0 aliphatic carbocycles. The predicted octanol–water partition coefficient (Wildman–Crippen LogP) is 2.60. The molecular weight excluding hydrogens is 258 g/mol. The molecule has 1 rings (SSSR count). The molecule has 5 heteroatoms. The molecule has 0 aliphatic rings. The highest BCUT2D eigenvalue weighted by Crippen LogP contribution is 2.14. The SMILES string of the molecule is Cc1cccc([C@H](C)NS(=O)(=O)CCCCl)c1. The van der Waals surface area contributed by atoms with Gasteiger partial charge < -0.3 is 0 Å². The highest BCUT2D eigenvalue weighted by Gasteiger charge is 2.15. The molecule has 0 fully saturated rings. The van der Waals surface area contributed by atoms with Crippen molar-refractivity contribution in [3.05, 3.63) is 35.4 Å². The van der Waals surface area contributed by atoms with E-state index in [0.29, 0.717) is 12.3 Å². The topological polar surface area (TPSA) is 46.2 Å². The van der Waals surface area contributed by atoms with E-state index < -0.39 is 10.0 Å². The predicted molar refractivity (Wildman–Crippen MR) is 71.9 cm³/mol. The van der Waals surface area contributed by atoms with E-state index in [1.807, 2.05) is 38.1 Å². The van der Waals surface area contributed by atoms with Crippen molar-refractivity contribution in [2.75, 3.05) is 11.6 Å². The fourth-order valence-corrected chi connectivity index (χ4v) is 3.19. The van der Waals surface area contributed by atoms with Gasteiger partial charge in [0.05, 0.1) is 5.75 Å². The number of aryl methyl sites for hydroxylation is 1. The summed E-state index contributed by atoms with van der Waals surface area (Å²) in [5.74, 6) is 0.437. The molecule has 0 aliphatic heterocycles. The van der Waals surface area contributed by atoms with Gasteiger partial charge in [-0.2, -0.15) is 0 Å². The quantitative estimate of drug-likeness (QED) is 0.811. The number of benzene rings is 1. The Labute approximate surface area is 108 Å². The van der Waals surface area contributed by atoms with Crippen molar-refractivity contribution in [2.45, 2.75) is 26.3 Å².